The molecule has 0 spiro atoms. The number of rotatable bonds is 4. The zero-order chi connectivity index (χ0) is 12.8. The lowest BCUT2D eigenvalue weighted by Crippen LogP contribution is -2.30. The molecular weight excluding hydrogens is 226 g/mol. The average Bonchev–Trinajstić information content (AvgIpc) is 2.52. The Hall–Kier alpha value is -1.61. The SMILES string of the molecule is C[C@@H]1C=C[C@H](COCc2ccccc2)CC(=O)N1. The van der Waals surface area contributed by atoms with E-state index in [0.29, 0.717) is 19.6 Å². The van der Waals surface area contributed by atoms with Crippen LogP contribution in [-0.4, -0.2) is 18.6 Å². The second-order valence-electron chi connectivity index (χ2n) is 4.71. The van der Waals surface area contributed by atoms with E-state index in [2.05, 4.69) is 11.4 Å². The third-order valence-electron chi connectivity index (χ3n) is 2.95. The lowest BCUT2D eigenvalue weighted by Gasteiger charge is -2.11. The van der Waals surface area contributed by atoms with Crippen LogP contribution in [0.2, 0.25) is 0 Å². The van der Waals surface area contributed by atoms with Crippen LogP contribution in [0, 0.1) is 5.92 Å². The van der Waals surface area contributed by atoms with E-state index in [4.69, 9.17) is 4.74 Å². The summed E-state index contributed by atoms with van der Waals surface area (Å²) in [5.41, 5.74) is 1.16. The highest BCUT2D eigenvalue weighted by molar-refractivity contribution is 5.77. The van der Waals surface area contributed by atoms with E-state index in [9.17, 15) is 4.79 Å². The van der Waals surface area contributed by atoms with Crippen LogP contribution < -0.4 is 5.32 Å². The molecule has 0 fully saturated rings. The van der Waals surface area contributed by atoms with Crippen LogP contribution in [-0.2, 0) is 16.1 Å². The van der Waals surface area contributed by atoms with Crippen molar-refractivity contribution in [1.82, 2.24) is 5.32 Å². The summed E-state index contributed by atoms with van der Waals surface area (Å²) < 4.78 is 5.67. The Kier molecular flexibility index (Phi) is 4.53. The fourth-order valence-electron chi connectivity index (χ4n) is 2.01. The predicted octanol–water partition coefficient (Wildman–Crippen LogP) is 2.28. The number of benzene rings is 1. The standard InChI is InChI=1S/C15H19NO2/c1-12-7-8-14(9-15(17)16-12)11-18-10-13-5-3-2-4-6-13/h2-8,12,14H,9-11H2,1H3,(H,16,17)/t12-,14+/m1/s1. The maximum atomic E-state index is 11.5. The summed E-state index contributed by atoms with van der Waals surface area (Å²) in [6, 6.07) is 10.2. The molecule has 0 saturated carbocycles. The minimum Gasteiger partial charge on any atom is -0.376 e. The molecule has 0 bridgehead atoms. The number of carbonyl (C=O) groups excluding carboxylic acids is 1. The van der Waals surface area contributed by atoms with Gasteiger partial charge in [0.2, 0.25) is 5.91 Å². The molecule has 0 aromatic heterocycles. The molecule has 1 amide bonds. The molecule has 0 aliphatic carbocycles. The summed E-state index contributed by atoms with van der Waals surface area (Å²) in [5.74, 6) is 0.277. The molecule has 96 valence electrons. The Balaban J connectivity index is 1.79. The van der Waals surface area contributed by atoms with E-state index in [1.807, 2.05) is 43.3 Å². The largest absolute Gasteiger partial charge is 0.376 e. The Morgan fingerprint density at radius 3 is 2.83 bits per heavy atom. The molecule has 0 unspecified atom stereocenters. The summed E-state index contributed by atoms with van der Waals surface area (Å²) >= 11 is 0. The van der Waals surface area contributed by atoms with E-state index < -0.39 is 0 Å². The maximum Gasteiger partial charge on any atom is 0.221 e. The van der Waals surface area contributed by atoms with Crippen LogP contribution in [0.3, 0.4) is 0 Å². The summed E-state index contributed by atoms with van der Waals surface area (Å²) in [6.07, 6.45) is 4.62. The van der Waals surface area contributed by atoms with Crippen LogP contribution in [0.5, 0.6) is 0 Å². The van der Waals surface area contributed by atoms with Crippen LogP contribution in [0.1, 0.15) is 18.9 Å². The van der Waals surface area contributed by atoms with Gasteiger partial charge in [-0.2, -0.15) is 0 Å². The van der Waals surface area contributed by atoms with Gasteiger partial charge < -0.3 is 10.1 Å². The predicted molar refractivity (Wildman–Crippen MR) is 70.9 cm³/mol. The molecule has 3 heteroatoms. The Labute approximate surface area is 108 Å². The monoisotopic (exact) mass is 245 g/mol. The molecule has 1 heterocycles. The summed E-state index contributed by atoms with van der Waals surface area (Å²) in [5, 5.41) is 2.90. The summed E-state index contributed by atoms with van der Waals surface area (Å²) in [4.78, 5) is 11.5. The van der Waals surface area contributed by atoms with E-state index in [-0.39, 0.29) is 17.9 Å². The number of nitrogens with one attached hydrogen (secondary N) is 1. The minimum absolute atomic E-state index is 0.0980. The van der Waals surface area contributed by atoms with Crippen molar-refractivity contribution in [3.63, 3.8) is 0 Å². The van der Waals surface area contributed by atoms with Gasteiger partial charge in [-0.15, -0.1) is 0 Å². The lowest BCUT2D eigenvalue weighted by atomic mass is 10.1. The highest BCUT2D eigenvalue weighted by atomic mass is 16.5. The zero-order valence-corrected chi connectivity index (χ0v) is 10.6. The van der Waals surface area contributed by atoms with E-state index in [0.717, 1.165) is 5.56 Å². The van der Waals surface area contributed by atoms with Crippen molar-refractivity contribution in [1.29, 1.82) is 0 Å². The van der Waals surface area contributed by atoms with Crippen LogP contribution >= 0.6 is 0 Å². The number of ether oxygens (including phenoxy) is 1. The van der Waals surface area contributed by atoms with E-state index in [1.165, 1.54) is 0 Å². The Bertz CT molecular complexity index is 414. The number of amides is 1. The van der Waals surface area contributed by atoms with Crippen molar-refractivity contribution in [2.45, 2.75) is 26.0 Å². The summed E-state index contributed by atoms with van der Waals surface area (Å²) in [7, 11) is 0. The van der Waals surface area contributed by atoms with Crippen LogP contribution in [0.15, 0.2) is 42.5 Å². The molecule has 18 heavy (non-hydrogen) atoms. The first-order valence-electron chi connectivity index (χ1n) is 6.33. The van der Waals surface area contributed by atoms with Gasteiger partial charge in [-0.3, -0.25) is 4.79 Å². The van der Waals surface area contributed by atoms with Crippen molar-refractivity contribution in [2.24, 2.45) is 5.92 Å². The van der Waals surface area contributed by atoms with Crippen molar-refractivity contribution in [3.8, 4) is 0 Å². The Morgan fingerprint density at radius 2 is 2.06 bits per heavy atom. The molecule has 2 rings (SSSR count). The van der Waals surface area contributed by atoms with Gasteiger partial charge in [-0.05, 0) is 12.5 Å². The maximum absolute atomic E-state index is 11.5. The molecule has 1 aliphatic heterocycles. The van der Waals surface area contributed by atoms with Crippen molar-refractivity contribution in [2.75, 3.05) is 6.61 Å². The second kappa shape index (κ2) is 6.36. The highest BCUT2D eigenvalue weighted by Gasteiger charge is 2.16. The topological polar surface area (TPSA) is 38.3 Å². The third-order valence-corrected chi connectivity index (χ3v) is 2.95. The smallest absolute Gasteiger partial charge is 0.221 e. The van der Waals surface area contributed by atoms with Crippen LogP contribution in [0.25, 0.3) is 0 Å². The van der Waals surface area contributed by atoms with Crippen molar-refractivity contribution in [3.05, 3.63) is 48.0 Å². The minimum atomic E-state index is 0.0980. The van der Waals surface area contributed by atoms with Gasteiger partial charge in [0.25, 0.3) is 0 Å². The first kappa shape index (κ1) is 12.8. The molecule has 1 N–H and O–H groups in total. The zero-order valence-electron chi connectivity index (χ0n) is 10.6. The van der Waals surface area contributed by atoms with Crippen molar-refractivity contribution < 1.29 is 9.53 Å². The number of hydrogen-bond acceptors (Lipinski definition) is 2. The van der Waals surface area contributed by atoms with E-state index in [1.54, 1.807) is 0 Å². The quantitative estimate of drug-likeness (QED) is 0.826. The molecule has 1 aromatic rings. The van der Waals surface area contributed by atoms with Gasteiger partial charge in [-0.25, -0.2) is 0 Å². The second-order valence-corrected chi connectivity index (χ2v) is 4.71. The first-order valence-corrected chi connectivity index (χ1v) is 6.33. The van der Waals surface area contributed by atoms with Gasteiger partial charge in [0.1, 0.15) is 0 Å². The third kappa shape index (κ3) is 4.00. The molecule has 2 atom stereocenters. The molecule has 0 saturated heterocycles. The van der Waals surface area contributed by atoms with Crippen molar-refractivity contribution >= 4 is 5.91 Å². The molecule has 3 nitrogen and oxygen atoms in total. The van der Waals surface area contributed by atoms with Gasteiger partial charge in [0.05, 0.1) is 13.2 Å². The first-order chi connectivity index (χ1) is 8.74. The fraction of sp³-hybridized carbons (Fsp3) is 0.400. The fourth-order valence-corrected chi connectivity index (χ4v) is 2.01. The van der Waals surface area contributed by atoms with Gasteiger partial charge in [0.15, 0.2) is 0 Å². The van der Waals surface area contributed by atoms with Gasteiger partial charge in [0, 0.05) is 18.4 Å². The van der Waals surface area contributed by atoms with Gasteiger partial charge in [-0.1, -0.05) is 42.5 Å². The molecule has 1 aliphatic rings. The molecule has 0 radical (unpaired) electrons. The highest BCUT2D eigenvalue weighted by Crippen LogP contribution is 2.12. The van der Waals surface area contributed by atoms with Crippen LogP contribution in [0.4, 0.5) is 0 Å². The molecule has 1 aromatic carbocycles. The van der Waals surface area contributed by atoms with E-state index >= 15 is 0 Å². The number of hydrogen-bond donors (Lipinski definition) is 1. The summed E-state index contributed by atoms with van der Waals surface area (Å²) in [6.45, 7) is 3.16. The lowest BCUT2D eigenvalue weighted by molar-refractivity contribution is -0.122. The molecular formula is C15H19NO2. The number of carbonyl (C=O) groups is 1. The normalized spacial score (nSPS) is 23.5. The Morgan fingerprint density at radius 1 is 1.28 bits per heavy atom. The van der Waals surface area contributed by atoms with Gasteiger partial charge >= 0.3 is 0 Å². The average molecular weight is 245 g/mol.